The van der Waals surface area contributed by atoms with Crippen molar-refractivity contribution >= 4 is 41.3 Å². The fourth-order valence-electron chi connectivity index (χ4n) is 1.74. The second-order valence-corrected chi connectivity index (χ2v) is 6.54. The third-order valence-electron chi connectivity index (χ3n) is 2.84. The largest absolute Gasteiger partial charge is 0.272 e. The number of carbonyl (C=O) groups excluding carboxylic acids is 1. The molecule has 0 bridgehead atoms. The molecule has 0 aliphatic carbocycles. The lowest BCUT2D eigenvalue weighted by Crippen LogP contribution is -2.19. The monoisotopic (exact) mass is 377 g/mol. The Kier molecular flexibility index (Phi) is 6.90. The van der Waals surface area contributed by atoms with Gasteiger partial charge in [0.2, 0.25) is 0 Å². The Hall–Kier alpha value is -2.46. The van der Waals surface area contributed by atoms with E-state index in [1.807, 2.05) is 19.2 Å². The Morgan fingerprint density at radius 2 is 2.20 bits per heavy atom. The van der Waals surface area contributed by atoms with E-state index in [1.54, 1.807) is 12.1 Å². The zero-order valence-electron chi connectivity index (χ0n) is 13.5. The first-order chi connectivity index (χ1) is 12.0. The van der Waals surface area contributed by atoms with Crippen molar-refractivity contribution < 1.29 is 9.72 Å². The highest BCUT2D eigenvalue weighted by Crippen LogP contribution is 2.18. The lowest BCUT2D eigenvalue weighted by atomic mass is 10.2. The average Bonchev–Trinajstić information content (AvgIpc) is 2.59. The van der Waals surface area contributed by atoms with E-state index in [-0.39, 0.29) is 17.3 Å². The van der Waals surface area contributed by atoms with E-state index in [1.165, 1.54) is 41.9 Å². The molecule has 2 aromatic rings. The molecule has 0 unspecified atom stereocenters. The minimum atomic E-state index is -0.489. The van der Waals surface area contributed by atoms with Crippen molar-refractivity contribution in [1.82, 2.24) is 15.4 Å². The predicted molar refractivity (Wildman–Crippen MR) is 98.1 cm³/mol. The van der Waals surface area contributed by atoms with Crippen molar-refractivity contribution in [2.45, 2.75) is 17.1 Å². The van der Waals surface area contributed by atoms with Gasteiger partial charge in [0.1, 0.15) is 5.03 Å². The molecule has 1 heterocycles. The quantitative estimate of drug-likeness (QED) is 0.197. The standard InChI is InChI=1S/C15H15N5O3S2/c1-10-6-14(24-2)18-15(17-10)25-9-13(21)19-16-8-11-4-3-5-12(7-11)20(22)23/h3-8H,9H2,1-2H3,(H,19,21)/b16-8+. The third-order valence-corrected chi connectivity index (χ3v) is 4.31. The molecule has 25 heavy (non-hydrogen) atoms. The molecule has 0 radical (unpaired) electrons. The summed E-state index contributed by atoms with van der Waals surface area (Å²) >= 11 is 2.72. The van der Waals surface area contributed by atoms with Crippen LogP contribution in [0, 0.1) is 17.0 Å². The van der Waals surface area contributed by atoms with E-state index >= 15 is 0 Å². The van der Waals surface area contributed by atoms with Gasteiger partial charge in [-0.15, -0.1) is 11.8 Å². The van der Waals surface area contributed by atoms with E-state index in [4.69, 9.17) is 0 Å². The van der Waals surface area contributed by atoms with Crippen molar-refractivity contribution in [3.63, 3.8) is 0 Å². The molecule has 0 atom stereocenters. The van der Waals surface area contributed by atoms with Gasteiger partial charge in [-0.3, -0.25) is 14.9 Å². The van der Waals surface area contributed by atoms with Crippen molar-refractivity contribution in [2.75, 3.05) is 12.0 Å². The maximum Gasteiger partial charge on any atom is 0.270 e. The number of aromatic nitrogens is 2. The Balaban J connectivity index is 1.87. The molecule has 130 valence electrons. The Morgan fingerprint density at radius 3 is 2.92 bits per heavy atom. The van der Waals surface area contributed by atoms with Crippen LogP contribution in [0.5, 0.6) is 0 Å². The number of non-ortho nitro benzene ring substituents is 1. The van der Waals surface area contributed by atoms with Crippen molar-refractivity contribution in [3.05, 3.63) is 51.7 Å². The Bertz CT molecular complexity index is 814. The first-order valence-corrected chi connectivity index (χ1v) is 9.28. The smallest absolute Gasteiger partial charge is 0.270 e. The number of hydrogen-bond acceptors (Lipinski definition) is 8. The maximum absolute atomic E-state index is 11.8. The van der Waals surface area contributed by atoms with Gasteiger partial charge in [-0.1, -0.05) is 23.9 Å². The first-order valence-electron chi connectivity index (χ1n) is 7.07. The topological polar surface area (TPSA) is 110 Å². The molecule has 0 aliphatic rings. The molecule has 1 aromatic carbocycles. The van der Waals surface area contributed by atoms with Gasteiger partial charge in [0.25, 0.3) is 11.6 Å². The molecule has 1 aromatic heterocycles. The van der Waals surface area contributed by atoms with Crippen LogP contribution in [0.2, 0.25) is 0 Å². The van der Waals surface area contributed by atoms with E-state index in [0.29, 0.717) is 10.7 Å². The molecular formula is C15H15N5O3S2. The summed E-state index contributed by atoms with van der Waals surface area (Å²) in [6.07, 6.45) is 3.27. The summed E-state index contributed by atoms with van der Waals surface area (Å²) in [5.74, 6) is -0.203. The number of hydrazone groups is 1. The van der Waals surface area contributed by atoms with Crippen LogP contribution < -0.4 is 5.43 Å². The summed E-state index contributed by atoms with van der Waals surface area (Å²) in [6, 6.07) is 7.84. The van der Waals surface area contributed by atoms with Crippen LogP contribution in [0.25, 0.3) is 0 Å². The summed E-state index contributed by atoms with van der Waals surface area (Å²) in [5, 5.41) is 15.9. The molecule has 2 rings (SSSR count). The molecular weight excluding hydrogens is 362 g/mol. The van der Waals surface area contributed by atoms with Gasteiger partial charge in [0, 0.05) is 23.4 Å². The maximum atomic E-state index is 11.8. The normalized spacial score (nSPS) is 10.8. The van der Waals surface area contributed by atoms with Gasteiger partial charge in [-0.2, -0.15) is 5.10 Å². The highest BCUT2D eigenvalue weighted by Gasteiger charge is 2.07. The van der Waals surface area contributed by atoms with Crippen LogP contribution in [0.4, 0.5) is 5.69 Å². The number of rotatable bonds is 7. The molecule has 1 amide bonds. The summed E-state index contributed by atoms with van der Waals surface area (Å²) in [5.41, 5.74) is 3.70. The molecule has 0 saturated carbocycles. The molecule has 0 saturated heterocycles. The molecule has 0 fully saturated rings. The molecule has 10 heteroatoms. The zero-order valence-corrected chi connectivity index (χ0v) is 15.1. The van der Waals surface area contributed by atoms with Gasteiger partial charge in [0.15, 0.2) is 5.16 Å². The number of benzene rings is 1. The van der Waals surface area contributed by atoms with Crippen molar-refractivity contribution in [1.29, 1.82) is 0 Å². The highest BCUT2D eigenvalue weighted by molar-refractivity contribution is 8.00. The SMILES string of the molecule is CSc1cc(C)nc(SCC(=O)N/N=C/c2cccc([N+](=O)[O-])c2)n1. The second kappa shape index (κ2) is 9.14. The van der Waals surface area contributed by atoms with Crippen LogP contribution in [0.3, 0.4) is 0 Å². The summed E-state index contributed by atoms with van der Waals surface area (Å²) in [7, 11) is 0. The Labute approximate surface area is 152 Å². The molecule has 8 nitrogen and oxygen atoms in total. The molecule has 0 aliphatic heterocycles. The van der Waals surface area contributed by atoms with Crippen LogP contribution in [0.15, 0.2) is 45.6 Å². The Morgan fingerprint density at radius 1 is 1.40 bits per heavy atom. The number of aryl methyl sites for hydroxylation is 1. The van der Waals surface area contributed by atoms with Gasteiger partial charge in [0.05, 0.1) is 16.9 Å². The van der Waals surface area contributed by atoms with Crippen LogP contribution in [-0.4, -0.2) is 39.0 Å². The van der Waals surface area contributed by atoms with Gasteiger partial charge in [-0.25, -0.2) is 15.4 Å². The van der Waals surface area contributed by atoms with E-state index in [9.17, 15) is 14.9 Å². The number of nitro groups is 1. The molecule has 1 N–H and O–H groups in total. The summed E-state index contributed by atoms with van der Waals surface area (Å²) in [4.78, 5) is 30.6. The van der Waals surface area contributed by atoms with Gasteiger partial charge < -0.3 is 0 Å². The van der Waals surface area contributed by atoms with E-state index < -0.39 is 4.92 Å². The number of nitrogens with zero attached hydrogens (tertiary/aromatic N) is 4. The minimum Gasteiger partial charge on any atom is -0.272 e. The van der Waals surface area contributed by atoms with Crippen LogP contribution in [0.1, 0.15) is 11.3 Å². The van der Waals surface area contributed by atoms with Crippen molar-refractivity contribution in [2.24, 2.45) is 5.10 Å². The van der Waals surface area contributed by atoms with Gasteiger partial charge >= 0.3 is 0 Å². The number of nitro benzene ring substituents is 1. The van der Waals surface area contributed by atoms with Crippen molar-refractivity contribution in [3.8, 4) is 0 Å². The first kappa shape index (κ1) is 18.9. The number of amides is 1. The summed E-state index contributed by atoms with van der Waals surface area (Å²) in [6.45, 7) is 1.87. The average molecular weight is 377 g/mol. The lowest BCUT2D eigenvalue weighted by molar-refractivity contribution is -0.384. The number of thioether (sulfide) groups is 2. The third kappa shape index (κ3) is 6.16. The number of nitrogens with one attached hydrogen (secondary N) is 1. The fourth-order valence-corrected chi connectivity index (χ4v) is 2.96. The van der Waals surface area contributed by atoms with Crippen LogP contribution in [-0.2, 0) is 4.79 Å². The van der Waals surface area contributed by atoms with E-state index in [2.05, 4.69) is 20.5 Å². The van der Waals surface area contributed by atoms with Crippen LogP contribution >= 0.6 is 23.5 Å². The molecule has 0 spiro atoms. The highest BCUT2D eigenvalue weighted by atomic mass is 32.2. The number of hydrogen-bond donors (Lipinski definition) is 1. The number of carbonyl (C=O) groups is 1. The lowest BCUT2D eigenvalue weighted by Gasteiger charge is -2.03. The summed E-state index contributed by atoms with van der Waals surface area (Å²) < 4.78 is 0. The fraction of sp³-hybridized carbons (Fsp3) is 0.200. The van der Waals surface area contributed by atoms with Gasteiger partial charge in [-0.05, 0) is 19.2 Å². The minimum absolute atomic E-state index is 0.0352. The van der Waals surface area contributed by atoms with E-state index in [0.717, 1.165) is 10.7 Å². The second-order valence-electron chi connectivity index (χ2n) is 4.77. The predicted octanol–water partition coefficient (Wildman–Crippen LogP) is 2.66. The zero-order chi connectivity index (χ0) is 18.2.